The van der Waals surface area contributed by atoms with Crippen LogP contribution in [0.3, 0.4) is 0 Å². The van der Waals surface area contributed by atoms with Crippen molar-refractivity contribution in [1.29, 1.82) is 0 Å². The lowest BCUT2D eigenvalue weighted by Gasteiger charge is -2.17. The lowest BCUT2D eigenvalue weighted by atomic mass is 9.98. The zero-order valence-electron chi connectivity index (χ0n) is 11.3. The van der Waals surface area contributed by atoms with Crippen LogP contribution in [0.1, 0.15) is 18.1 Å². The highest BCUT2D eigenvalue weighted by Crippen LogP contribution is 2.33. The van der Waals surface area contributed by atoms with E-state index < -0.39 is 0 Å². The number of carbonyl (C=O) groups is 1. The summed E-state index contributed by atoms with van der Waals surface area (Å²) in [5.74, 6) is 1.63. The number of benzene rings is 1. The van der Waals surface area contributed by atoms with Crippen LogP contribution in [-0.4, -0.2) is 32.1 Å². The first-order valence-electron chi connectivity index (χ1n) is 6.05. The number of rotatable bonds is 2. The molecule has 1 heterocycles. The van der Waals surface area contributed by atoms with Gasteiger partial charge in [-0.25, -0.2) is 0 Å². The van der Waals surface area contributed by atoms with Crippen molar-refractivity contribution < 1.29 is 14.3 Å². The highest BCUT2D eigenvalue weighted by Gasteiger charge is 2.25. The summed E-state index contributed by atoms with van der Waals surface area (Å²) >= 11 is 0. The van der Waals surface area contributed by atoms with Gasteiger partial charge in [-0.1, -0.05) is 6.92 Å². The minimum atomic E-state index is 0.00866. The zero-order valence-corrected chi connectivity index (χ0v) is 11.3. The molecule has 0 saturated carbocycles. The van der Waals surface area contributed by atoms with Gasteiger partial charge >= 0.3 is 0 Å². The molecule has 1 atom stereocenters. The molecule has 0 bridgehead atoms. The Balaban J connectivity index is 2.47. The number of fused-ring (bicyclic) bond motifs is 1. The Kier molecular flexibility index (Phi) is 3.45. The number of nitrogens with zero attached hydrogens (tertiary/aromatic N) is 1. The van der Waals surface area contributed by atoms with E-state index in [1.54, 1.807) is 19.1 Å². The van der Waals surface area contributed by atoms with Gasteiger partial charge in [-0.05, 0) is 29.7 Å². The standard InChI is InChI=1S/C14H19NO3/c1-9-5-10-6-12(17-3)13(18-4)7-11(10)8-15(2)14(9)16/h6-7,9H,5,8H2,1-4H3/t9-/m1/s1. The molecule has 4 heteroatoms. The molecule has 1 amide bonds. The SMILES string of the molecule is COc1cc2c(cc1OC)CN(C)C(=O)[C@H](C)C2. The number of hydrogen-bond acceptors (Lipinski definition) is 3. The van der Waals surface area contributed by atoms with Gasteiger partial charge < -0.3 is 14.4 Å². The van der Waals surface area contributed by atoms with Crippen molar-refractivity contribution >= 4 is 5.91 Å². The monoisotopic (exact) mass is 249 g/mol. The Labute approximate surface area is 107 Å². The summed E-state index contributed by atoms with van der Waals surface area (Å²) in [5.41, 5.74) is 2.30. The molecule has 0 aromatic heterocycles. The normalized spacial score (nSPS) is 19.2. The predicted octanol–water partition coefficient (Wildman–Crippen LogP) is 1.85. The van der Waals surface area contributed by atoms with E-state index in [1.165, 1.54) is 0 Å². The Morgan fingerprint density at radius 1 is 1.17 bits per heavy atom. The molecule has 1 aliphatic rings. The van der Waals surface area contributed by atoms with Crippen LogP contribution in [0.15, 0.2) is 12.1 Å². The first kappa shape index (κ1) is 12.7. The summed E-state index contributed by atoms with van der Waals surface area (Å²) in [5, 5.41) is 0. The van der Waals surface area contributed by atoms with Crippen LogP contribution in [0.5, 0.6) is 11.5 Å². The van der Waals surface area contributed by atoms with E-state index in [-0.39, 0.29) is 11.8 Å². The number of methoxy groups -OCH3 is 2. The number of hydrogen-bond donors (Lipinski definition) is 0. The van der Waals surface area contributed by atoms with Gasteiger partial charge in [-0.15, -0.1) is 0 Å². The Bertz CT molecular complexity index is 429. The van der Waals surface area contributed by atoms with Gasteiger partial charge in [0, 0.05) is 19.5 Å². The lowest BCUT2D eigenvalue weighted by Crippen LogP contribution is -2.29. The van der Waals surface area contributed by atoms with Gasteiger partial charge in [0.05, 0.1) is 14.2 Å². The molecule has 1 aliphatic heterocycles. The first-order valence-corrected chi connectivity index (χ1v) is 6.05. The summed E-state index contributed by atoms with van der Waals surface area (Å²) in [6.07, 6.45) is 0.749. The minimum absolute atomic E-state index is 0.00866. The van der Waals surface area contributed by atoms with E-state index in [9.17, 15) is 4.79 Å². The van der Waals surface area contributed by atoms with Crippen molar-refractivity contribution in [2.75, 3.05) is 21.3 Å². The molecule has 2 rings (SSSR count). The van der Waals surface area contributed by atoms with E-state index >= 15 is 0 Å². The summed E-state index contributed by atoms with van der Waals surface area (Å²) < 4.78 is 10.6. The molecule has 18 heavy (non-hydrogen) atoms. The van der Waals surface area contributed by atoms with E-state index in [1.807, 2.05) is 26.1 Å². The molecule has 4 nitrogen and oxygen atoms in total. The van der Waals surface area contributed by atoms with E-state index in [2.05, 4.69) is 0 Å². The lowest BCUT2D eigenvalue weighted by molar-refractivity contribution is -0.133. The van der Waals surface area contributed by atoms with Crippen molar-refractivity contribution in [1.82, 2.24) is 4.90 Å². The van der Waals surface area contributed by atoms with Gasteiger partial charge in [-0.2, -0.15) is 0 Å². The van der Waals surface area contributed by atoms with Gasteiger partial charge in [0.1, 0.15) is 0 Å². The number of amides is 1. The Hall–Kier alpha value is -1.71. The summed E-state index contributed by atoms with van der Waals surface area (Å²) in [7, 11) is 5.09. The molecule has 0 spiro atoms. The average Bonchev–Trinajstić information content (AvgIpc) is 2.47. The van der Waals surface area contributed by atoms with Gasteiger partial charge in [-0.3, -0.25) is 4.79 Å². The first-order chi connectivity index (χ1) is 8.56. The van der Waals surface area contributed by atoms with Crippen molar-refractivity contribution in [3.63, 3.8) is 0 Å². The average molecular weight is 249 g/mol. The third-order valence-corrected chi connectivity index (χ3v) is 3.44. The molecule has 1 aromatic rings. The van der Waals surface area contributed by atoms with Crippen LogP contribution in [0.25, 0.3) is 0 Å². The fourth-order valence-electron chi connectivity index (χ4n) is 2.43. The number of carbonyl (C=O) groups excluding carboxylic acids is 1. The topological polar surface area (TPSA) is 38.8 Å². The van der Waals surface area contributed by atoms with Gasteiger partial charge in [0.25, 0.3) is 0 Å². The largest absolute Gasteiger partial charge is 0.493 e. The maximum Gasteiger partial charge on any atom is 0.225 e. The molecule has 0 fully saturated rings. The molecule has 0 N–H and O–H groups in total. The smallest absolute Gasteiger partial charge is 0.225 e. The molecule has 98 valence electrons. The second kappa shape index (κ2) is 4.88. The van der Waals surface area contributed by atoms with Crippen molar-refractivity contribution in [3.8, 4) is 11.5 Å². The second-order valence-corrected chi connectivity index (χ2v) is 4.78. The molecule has 0 saturated heterocycles. The van der Waals surface area contributed by atoms with Crippen LogP contribution in [0.4, 0.5) is 0 Å². The molecule has 0 radical (unpaired) electrons. The summed E-state index contributed by atoms with van der Waals surface area (Å²) in [6, 6.07) is 3.95. The van der Waals surface area contributed by atoms with Gasteiger partial charge in [0.15, 0.2) is 11.5 Å². The van der Waals surface area contributed by atoms with E-state index in [4.69, 9.17) is 9.47 Å². The Morgan fingerprint density at radius 3 is 2.28 bits per heavy atom. The molecule has 1 aromatic carbocycles. The van der Waals surface area contributed by atoms with E-state index in [0.29, 0.717) is 12.3 Å². The quantitative estimate of drug-likeness (QED) is 0.803. The maximum absolute atomic E-state index is 12.0. The molecular formula is C14H19NO3. The highest BCUT2D eigenvalue weighted by atomic mass is 16.5. The van der Waals surface area contributed by atoms with Crippen LogP contribution in [-0.2, 0) is 17.8 Å². The fraction of sp³-hybridized carbons (Fsp3) is 0.500. The van der Waals surface area contributed by atoms with Crippen molar-refractivity contribution in [2.45, 2.75) is 19.9 Å². The second-order valence-electron chi connectivity index (χ2n) is 4.78. The van der Waals surface area contributed by atoms with Crippen LogP contribution in [0, 0.1) is 5.92 Å². The van der Waals surface area contributed by atoms with Crippen LogP contribution in [0.2, 0.25) is 0 Å². The van der Waals surface area contributed by atoms with Crippen LogP contribution < -0.4 is 9.47 Å². The van der Waals surface area contributed by atoms with Crippen molar-refractivity contribution in [3.05, 3.63) is 23.3 Å². The zero-order chi connectivity index (χ0) is 13.3. The van der Waals surface area contributed by atoms with E-state index in [0.717, 1.165) is 23.3 Å². The minimum Gasteiger partial charge on any atom is -0.493 e. The summed E-state index contributed by atoms with van der Waals surface area (Å²) in [6.45, 7) is 2.59. The predicted molar refractivity (Wildman–Crippen MR) is 68.9 cm³/mol. The molecule has 0 aliphatic carbocycles. The fourth-order valence-corrected chi connectivity index (χ4v) is 2.43. The third-order valence-electron chi connectivity index (χ3n) is 3.44. The van der Waals surface area contributed by atoms with Crippen LogP contribution >= 0.6 is 0 Å². The third kappa shape index (κ3) is 2.15. The Morgan fingerprint density at radius 2 is 1.72 bits per heavy atom. The highest BCUT2D eigenvalue weighted by molar-refractivity contribution is 5.79. The number of ether oxygens (including phenoxy) is 2. The van der Waals surface area contributed by atoms with Gasteiger partial charge in [0.2, 0.25) is 5.91 Å². The summed E-state index contributed by atoms with van der Waals surface area (Å²) in [4.78, 5) is 13.8. The molecule has 0 unspecified atom stereocenters. The maximum atomic E-state index is 12.0. The van der Waals surface area contributed by atoms with Crippen molar-refractivity contribution in [2.24, 2.45) is 5.92 Å². The molecular weight excluding hydrogens is 230 g/mol.